The molecule has 0 fully saturated rings. The van der Waals surface area contributed by atoms with Crippen molar-refractivity contribution in [2.75, 3.05) is 6.61 Å². The van der Waals surface area contributed by atoms with Crippen molar-refractivity contribution in [3.8, 4) is 22.8 Å². The summed E-state index contributed by atoms with van der Waals surface area (Å²) in [6, 6.07) is 43.2. The summed E-state index contributed by atoms with van der Waals surface area (Å²) in [6.45, 7) is 5.88. The molecule has 232 valence electrons. The topological polar surface area (TPSA) is 56.5 Å². The molecule has 0 spiro atoms. The number of halogens is 1. The number of rotatable bonds is 11. The molecule has 5 aromatic carbocycles. The minimum absolute atomic E-state index is 0.0103. The third-order valence-electron chi connectivity index (χ3n) is 7.99. The number of aliphatic hydroxyl groups excluding tert-OH is 1. The van der Waals surface area contributed by atoms with Gasteiger partial charge in [-0.05, 0) is 43.5 Å². The molecule has 5 nitrogen and oxygen atoms in total. The van der Waals surface area contributed by atoms with Gasteiger partial charge in [0.15, 0.2) is 11.6 Å². The fourth-order valence-electron chi connectivity index (χ4n) is 6.08. The Bertz CT molecular complexity index is 1780. The molecule has 0 aliphatic carbocycles. The van der Waals surface area contributed by atoms with E-state index in [9.17, 15) is 5.11 Å². The Kier molecular flexibility index (Phi) is 8.99. The summed E-state index contributed by atoms with van der Waals surface area (Å²) >= 11 is 0. The zero-order valence-electron chi connectivity index (χ0n) is 26.2. The Balaban J connectivity index is 1.70. The van der Waals surface area contributed by atoms with Crippen LogP contribution in [-0.4, -0.2) is 27.4 Å². The Hall–Kier alpha value is -5.20. The number of ether oxygens (including phenoxy) is 2. The van der Waals surface area contributed by atoms with Crippen molar-refractivity contribution in [3.63, 3.8) is 0 Å². The predicted molar refractivity (Wildman–Crippen MR) is 180 cm³/mol. The minimum Gasteiger partial charge on any atom is -0.494 e. The van der Waals surface area contributed by atoms with Crippen LogP contribution in [-0.2, 0) is 5.54 Å². The quantitative estimate of drug-likeness (QED) is 0.149. The molecule has 1 aromatic heterocycles. The highest BCUT2D eigenvalue weighted by Gasteiger charge is 2.42. The highest BCUT2D eigenvalue weighted by Crippen LogP contribution is 2.45. The molecule has 0 radical (unpaired) electrons. The first kappa shape index (κ1) is 30.8. The molecule has 1 N–H and O–H groups in total. The second-order valence-electron chi connectivity index (χ2n) is 11.4. The molecule has 6 rings (SSSR count). The zero-order chi connectivity index (χ0) is 32.1. The van der Waals surface area contributed by atoms with E-state index < -0.39 is 17.5 Å². The summed E-state index contributed by atoms with van der Waals surface area (Å²) < 4.78 is 30.0. The number of aromatic nitrogens is 2. The maximum Gasteiger partial charge on any atom is 0.171 e. The van der Waals surface area contributed by atoms with E-state index in [4.69, 9.17) is 14.5 Å². The number of hydrogen-bond donors (Lipinski definition) is 1. The lowest BCUT2D eigenvalue weighted by Crippen LogP contribution is -2.39. The van der Waals surface area contributed by atoms with E-state index >= 15 is 4.39 Å². The summed E-state index contributed by atoms with van der Waals surface area (Å²) in [7, 11) is 0. The molecule has 1 atom stereocenters. The standard InChI is InChI=1S/C40H37FN2O3/c1-4-45-33-25-34(37(41)36(26-33)46-28(2)3)38(44)39-42-35(29-17-9-5-10-18-29)27-43(39)40(30-19-11-6-12-20-30,31-21-13-7-14-22-31)32-23-15-8-16-24-32/h5-28,38,44H,4H2,1-3H3. The molecular weight excluding hydrogens is 575 g/mol. The molecule has 0 aliphatic heterocycles. The van der Waals surface area contributed by atoms with Gasteiger partial charge in [0.2, 0.25) is 0 Å². The van der Waals surface area contributed by atoms with Gasteiger partial charge in [-0.1, -0.05) is 121 Å². The molecule has 0 amide bonds. The van der Waals surface area contributed by atoms with E-state index in [2.05, 4.69) is 36.4 Å². The van der Waals surface area contributed by atoms with Gasteiger partial charge in [-0.2, -0.15) is 0 Å². The van der Waals surface area contributed by atoms with Crippen molar-refractivity contribution >= 4 is 0 Å². The second-order valence-corrected chi connectivity index (χ2v) is 11.4. The Morgan fingerprint density at radius 2 is 1.26 bits per heavy atom. The first-order valence-electron chi connectivity index (χ1n) is 15.6. The van der Waals surface area contributed by atoms with Gasteiger partial charge in [0, 0.05) is 23.4 Å². The van der Waals surface area contributed by atoms with Crippen molar-refractivity contribution in [2.24, 2.45) is 0 Å². The van der Waals surface area contributed by atoms with E-state index in [0.29, 0.717) is 18.1 Å². The van der Waals surface area contributed by atoms with Crippen LogP contribution in [0.15, 0.2) is 140 Å². The summed E-state index contributed by atoms with van der Waals surface area (Å²) in [5.74, 6) is 0.0101. The van der Waals surface area contributed by atoms with Gasteiger partial charge in [0.25, 0.3) is 0 Å². The maximum absolute atomic E-state index is 16.3. The molecule has 0 saturated carbocycles. The third-order valence-corrected chi connectivity index (χ3v) is 7.99. The lowest BCUT2D eigenvalue weighted by molar-refractivity contribution is 0.188. The Labute approximate surface area is 269 Å². The molecular formula is C40H37FN2O3. The van der Waals surface area contributed by atoms with Gasteiger partial charge in [-0.15, -0.1) is 0 Å². The van der Waals surface area contributed by atoms with Gasteiger partial charge in [-0.3, -0.25) is 0 Å². The fraction of sp³-hybridized carbons (Fsp3) is 0.175. The number of nitrogens with zero attached hydrogens (tertiary/aromatic N) is 2. The van der Waals surface area contributed by atoms with Crippen LogP contribution in [0.2, 0.25) is 0 Å². The van der Waals surface area contributed by atoms with E-state index in [-0.39, 0.29) is 23.2 Å². The lowest BCUT2D eigenvalue weighted by Gasteiger charge is -2.39. The molecule has 0 saturated heterocycles. The number of imidazole rings is 1. The Morgan fingerprint density at radius 3 is 1.74 bits per heavy atom. The summed E-state index contributed by atoms with van der Waals surface area (Å²) in [5, 5.41) is 12.3. The van der Waals surface area contributed by atoms with Crippen molar-refractivity contribution in [2.45, 2.75) is 38.5 Å². The van der Waals surface area contributed by atoms with Gasteiger partial charge in [-0.25, -0.2) is 9.37 Å². The van der Waals surface area contributed by atoms with Crippen LogP contribution in [0.3, 0.4) is 0 Å². The van der Waals surface area contributed by atoms with Gasteiger partial charge in [0.1, 0.15) is 23.2 Å². The number of aliphatic hydroxyl groups is 1. The zero-order valence-corrected chi connectivity index (χ0v) is 26.2. The van der Waals surface area contributed by atoms with Crippen LogP contribution in [0.25, 0.3) is 11.3 Å². The molecule has 0 aliphatic rings. The monoisotopic (exact) mass is 612 g/mol. The fourth-order valence-corrected chi connectivity index (χ4v) is 6.08. The third kappa shape index (κ3) is 5.80. The minimum atomic E-state index is -1.48. The summed E-state index contributed by atoms with van der Waals surface area (Å²) in [4.78, 5) is 5.07. The van der Waals surface area contributed by atoms with E-state index in [1.165, 1.54) is 12.1 Å². The van der Waals surface area contributed by atoms with Gasteiger partial charge < -0.3 is 19.1 Å². The van der Waals surface area contributed by atoms with Crippen LogP contribution >= 0.6 is 0 Å². The molecule has 46 heavy (non-hydrogen) atoms. The summed E-state index contributed by atoms with van der Waals surface area (Å²) in [6.07, 6.45) is 0.185. The van der Waals surface area contributed by atoms with Crippen LogP contribution in [0.5, 0.6) is 11.5 Å². The normalized spacial score (nSPS) is 12.2. The molecule has 6 aromatic rings. The number of hydrogen-bond acceptors (Lipinski definition) is 4. The smallest absolute Gasteiger partial charge is 0.171 e. The van der Waals surface area contributed by atoms with Gasteiger partial charge in [0.05, 0.1) is 18.4 Å². The van der Waals surface area contributed by atoms with Crippen molar-refractivity contribution in [1.82, 2.24) is 9.55 Å². The molecule has 1 heterocycles. The second kappa shape index (κ2) is 13.4. The molecule has 0 bridgehead atoms. The first-order valence-corrected chi connectivity index (χ1v) is 15.6. The van der Waals surface area contributed by atoms with Crippen molar-refractivity contribution < 1.29 is 19.0 Å². The van der Waals surface area contributed by atoms with E-state index in [0.717, 1.165) is 22.3 Å². The highest BCUT2D eigenvalue weighted by molar-refractivity contribution is 5.61. The van der Waals surface area contributed by atoms with Crippen molar-refractivity contribution in [3.05, 3.63) is 174 Å². The molecule has 6 heteroatoms. The number of benzene rings is 5. The molecule has 1 unspecified atom stereocenters. The largest absolute Gasteiger partial charge is 0.494 e. The first-order chi connectivity index (χ1) is 22.4. The summed E-state index contributed by atoms with van der Waals surface area (Å²) in [5.41, 5.74) is 3.37. The van der Waals surface area contributed by atoms with Crippen LogP contribution < -0.4 is 9.47 Å². The van der Waals surface area contributed by atoms with E-state index in [1.54, 1.807) is 0 Å². The lowest BCUT2D eigenvalue weighted by atomic mass is 9.76. The van der Waals surface area contributed by atoms with Crippen LogP contribution in [0.1, 0.15) is 55.0 Å². The van der Waals surface area contributed by atoms with E-state index in [1.807, 2.05) is 116 Å². The average Bonchev–Trinajstić information content (AvgIpc) is 3.54. The van der Waals surface area contributed by atoms with Crippen LogP contribution in [0.4, 0.5) is 4.39 Å². The van der Waals surface area contributed by atoms with Crippen molar-refractivity contribution in [1.29, 1.82) is 0 Å². The van der Waals surface area contributed by atoms with Gasteiger partial charge >= 0.3 is 0 Å². The Morgan fingerprint density at radius 1 is 0.761 bits per heavy atom. The predicted octanol–water partition coefficient (Wildman–Crippen LogP) is 8.80. The van der Waals surface area contributed by atoms with Crippen LogP contribution in [0, 0.1) is 5.82 Å². The SMILES string of the molecule is CCOc1cc(OC(C)C)c(F)c(C(O)c2nc(-c3ccccc3)cn2C(c2ccccc2)(c2ccccc2)c2ccccc2)c1. The average molecular weight is 613 g/mol. The maximum atomic E-state index is 16.3. The highest BCUT2D eigenvalue weighted by atomic mass is 19.1.